The maximum atomic E-state index is 14.7. The molecule has 1 N–H and O–H groups in total. The Morgan fingerprint density at radius 3 is 2.53 bits per heavy atom. The highest BCUT2D eigenvalue weighted by atomic mass is 19.1. The number of aromatic amines is 1. The molecule has 2 saturated carbocycles. The van der Waals surface area contributed by atoms with E-state index in [2.05, 4.69) is 22.9 Å². The normalized spacial score (nSPS) is 18.5. The SMILES string of the molecule is C[C@H]1CCCN(Cc2cc3c(C4CC4)cn(-c4cc(-c5ccc(F)cc5C(=O)N(C)c5ccccc5)cc(C5CC5)n4)c(=O)c3[nH]2)C1. The third-order valence-corrected chi connectivity index (χ3v) is 10.1. The van der Waals surface area contributed by atoms with Gasteiger partial charge in [0, 0.05) is 54.7 Å². The first-order valence-electron chi connectivity index (χ1n) is 17.0. The lowest BCUT2D eigenvalue weighted by Crippen LogP contribution is -2.33. The number of halogens is 1. The van der Waals surface area contributed by atoms with Crippen LogP contribution in [0, 0.1) is 11.7 Å². The number of benzene rings is 2. The Morgan fingerprint density at radius 2 is 1.79 bits per heavy atom. The van der Waals surface area contributed by atoms with E-state index < -0.39 is 5.82 Å². The van der Waals surface area contributed by atoms with E-state index in [1.54, 1.807) is 17.7 Å². The van der Waals surface area contributed by atoms with E-state index in [9.17, 15) is 14.0 Å². The van der Waals surface area contributed by atoms with Gasteiger partial charge in [-0.2, -0.15) is 0 Å². The van der Waals surface area contributed by atoms with Crippen LogP contribution >= 0.6 is 0 Å². The Balaban J connectivity index is 1.23. The summed E-state index contributed by atoms with van der Waals surface area (Å²) in [5.74, 6) is 1.14. The van der Waals surface area contributed by atoms with Crippen molar-refractivity contribution < 1.29 is 9.18 Å². The Kier molecular flexibility index (Phi) is 7.55. The van der Waals surface area contributed by atoms with Gasteiger partial charge in [-0.1, -0.05) is 31.2 Å². The Labute approximate surface area is 274 Å². The molecule has 0 spiro atoms. The average molecular weight is 630 g/mol. The number of anilines is 1. The van der Waals surface area contributed by atoms with Crippen LogP contribution in [0.15, 0.2) is 77.7 Å². The van der Waals surface area contributed by atoms with Crippen LogP contribution in [0.2, 0.25) is 0 Å². The van der Waals surface area contributed by atoms with Crippen molar-refractivity contribution in [3.05, 3.63) is 112 Å². The number of carbonyl (C=O) groups is 1. The van der Waals surface area contributed by atoms with Crippen LogP contribution in [0.1, 0.15) is 84.6 Å². The number of likely N-dealkylation sites (tertiary alicyclic amines) is 1. The average Bonchev–Trinajstić information content (AvgIpc) is 4.02. The van der Waals surface area contributed by atoms with Crippen LogP contribution in [0.5, 0.6) is 0 Å². The highest BCUT2D eigenvalue weighted by molar-refractivity contribution is 6.10. The molecule has 0 radical (unpaired) electrons. The second kappa shape index (κ2) is 11.9. The molecule has 1 amide bonds. The first-order valence-corrected chi connectivity index (χ1v) is 17.0. The van der Waals surface area contributed by atoms with E-state index in [-0.39, 0.29) is 17.0 Å². The largest absolute Gasteiger partial charge is 0.353 e. The predicted molar refractivity (Wildman–Crippen MR) is 184 cm³/mol. The lowest BCUT2D eigenvalue weighted by molar-refractivity contribution is 0.0993. The van der Waals surface area contributed by atoms with Crippen molar-refractivity contribution in [3.8, 4) is 16.9 Å². The molecule has 1 aliphatic heterocycles. The summed E-state index contributed by atoms with van der Waals surface area (Å²) in [5, 5.41) is 1.02. The second-order valence-corrected chi connectivity index (χ2v) is 13.9. The zero-order valence-corrected chi connectivity index (χ0v) is 27.0. The molecule has 8 heteroatoms. The van der Waals surface area contributed by atoms with Gasteiger partial charge in [0.05, 0.1) is 5.56 Å². The number of aromatic nitrogens is 3. The summed E-state index contributed by atoms with van der Waals surface area (Å²) >= 11 is 0. The maximum absolute atomic E-state index is 14.7. The van der Waals surface area contributed by atoms with Crippen molar-refractivity contribution >= 4 is 22.5 Å². The molecule has 1 atom stereocenters. The molecule has 1 saturated heterocycles. The van der Waals surface area contributed by atoms with Gasteiger partial charge in [0.15, 0.2) is 0 Å². The molecule has 0 bridgehead atoms. The third-order valence-electron chi connectivity index (χ3n) is 10.1. The van der Waals surface area contributed by atoms with Crippen molar-refractivity contribution in [3.63, 3.8) is 0 Å². The minimum atomic E-state index is -0.479. The molecular weight excluding hydrogens is 589 g/mol. The molecule has 3 aliphatic rings. The number of para-hydroxylation sites is 1. The number of nitrogens with zero attached hydrogens (tertiary/aromatic N) is 4. The van der Waals surface area contributed by atoms with Gasteiger partial charge in [-0.15, -0.1) is 0 Å². The standard InChI is InChI=1S/C39H40FN5O2/c1-24-7-6-16-44(21-24)22-29-20-32-34(25-10-11-25)23-45(39(47)37(32)41-29)36-18-27(17-35(42-36)26-12-13-26)31-15-14-28(40)19-33(31)38(46)43(2)30-8-4-3-5-9-30/h3-5,8-9,14-15,17-20,23-26,41H,6-7,10-13,16,21-22H2,1-2H3/t24-/m0/s1. The number of amides is 1. The summed E-state index contributed by atoms with van der Waals surface area (Å²) < 4.78 is 16.4. The van der Waals surface area contributed by atoms with Gasteiger partial charge in [0.25, 0.3) is 11.5 Å². The quantitative estimate of drug-likeness (QED) is 0.190. The van der Waals surface area contributed by atoms with E-state index in [0.717, 1.165) is 73.3 Å². The molecular formula is C39H40FN5O2. The van der Waals surface area contributed by atoms with Gasteiger partial charge in [-0.3, -0.25) is 19.1 Å². The monoisotopic (exact) mass is 629 g/mol. The van der Waals surface area contributed by atoms with E-state index in [1.165, 1.54) is 35.4 Å². The van der Waals surface area contributed by atoms with E-state index in [1.807, 2.05) is 48.7 Å². The Hall–Kier alpha value is -4.56. The van der Waals surface area contributed by atoms with Crippen LogP contribution in [0.3, 0.4) is 0 Å². The molecule has 3 fully saturated rings. The smallest absolute Gasteiger partial charge is 0.280 e. The summed E-state index contributed by atoms with van der Waals surface area (Å²) in [6.45, 7) is 5.27. The van der Waals surface area contributed by atoms with Crippen molar-refractivity contribution in [2.75, 3.05) is 25.0 Å². The van der Waals surface area contributed by atoms with Crippen LogP contribution in [-0.4, -0.2) is 45.5 Å². The van der Waals surface area contributed by atoms with Crippen molar-refractivity contribution in [2.24, 2.45) is 5.92 Å². The number of hydrogen-bond donors (Lipinski definition) is 1. The number of hydrogen-bond acceptors (Lipinski definition) is 4. The minimum Gasteiger partial charge on any atom is -0.353 e. The molecule has 0 unspecified atom stereocenters. The Morgan fingerprint density at radius 1 is 1.00 bits per heavy atom. The number of carbonyl (C=O) groups excluding carboxylic acids is 1. The summed E-state index contributed by atoms with van der Waals surface area (Å²) in [5.41, 5.74) is 5.96. The minimum absolute atomic E-state index is 0.131. The van der Waals surface area contributed by atoms with Crippen molar-refractivity contribution in [1.29, 1.82) is 0 Å². The zero-order valence-electron chi connectivity index (χ0n) is 27.0. The lowest BCUT2D eigenvalue weighted by Gasteiger charge is -2.30. The van der Waals surface area contributed by atoms with Gasteiger partial charge in [0.2, 0.25) is 0 Å². The van der Waals surface area contributed by atoms with Crippen LogP contribution in [0.4, 0.5) is 10.1 Å². The van der Waals surface area contributed by atoms with Gasteiger partial charge >= 0.3 is 0 Å². The fraction of sp³-hybridized carbons (Fsp3) is 0.359. The molecule has 5 aromatic rings. The number of H-pyrrole nitrogens is 1. The number of pyridine rings is 2. The number of nitrogens with one attached hydrogen (secondary N) is 1. The number of fused-ring (bicyclic) bond motifs is 1. The molecule has 7 nitrogen and oxygen atoms in total. The number of rotatable bonds is 8. The van der Waals surface area contributed by atoms with Crippen LogP contribution < -0.4 is 10.5 Å². The van der Waals surface area contributed by atoms with E-state index >= 15 is 0 Å². The van der Waals surface area contributed by atoms with Gasteiger partial charge in [0.1, 0.15) is 17.2 Å². The topological polar surface area (TPSA) is 74.2 Å². The van der Waals surface area contributed by atoms with E-state index in [0.29, 0.717) is 34.7 Å². The summed E-state index contributed by atoms with van der Waals surface area (Å²) in [6.07, 6.45) is 8.73. The molecule has 8 rings (SSSR count). The zero-order chi connectivity index (χ0) is 32.2. The Bertz CT molecular complexity index is 2040. The van der Waals surface area contributed by atoms with Crippen molar-refractivity contribution in [1.82, 2.24) is 19.4 Å². The fourth-order valence-corrected chi connectivity index (χ4v) is 7.24. The van der Waals surface area contributed by atoms with E-state index in [4.69, 9.17) is 4.98 Å². The maximum Gasteiger partial charge on any atom is 0.280 e. The lowest BCUT2D eigenvalue weighted by atomic mass is 9.97. The molecule has 47 heavy (non-hydrogen) atoms. The van der Waals surface area contributed by atoms with Gasteiger partial charge in [-0.25, -0.2) is 9.37 Å². The summed E-state index contributed by atoms with van der Waals surface area (Å²) in [4.78, 5) is 40.7. The third kappa shape index (κ3) is 5.91. The van der Waals surface area contributed by atoms with Crippen molar-refractivity contribution in [2.45, 2.75) is 63.8 Å². The fourth-order valence-electron chi connectivity index (χ4n) is 7.24. The van der Waals surface area contributed by atoms with Crippen LogP contribution in [0.25, 0.3) is 27.8 Å². The first kappa shape index (κ1) is 29.8. The molecule has 2 aliphatic carbocycles. The highest BCUT2D eigenvalue weighted by Crippen LogP contribution is 2.44. The van der Waals surface area contributed by atoms with Gasteiger partial charge in [-0.05, 0) is 116 Å². The van der Waals surface area contributed by atoms with Gasteiger partial charge < -0.3 is 9.88 Å². The summed E-state index contributed by atoms with van der Waals surface area (Å²) in [7, 11) is 1.70. The first-order chi connectivity index (χ1) is 22.8. The molecule has 240 valence electrons. The molecule has 2 aromatic carbocycles. The number of piperidine rings is 1. The molecule has 3 aromatic heterocycles. The van der Waals surface area contributed by atoms with Crippen LogP contribution in [-0.2, 0) is 6.54 Å². The second-order valence-electron chi connectivity index (χ2n) is 13.9. The molecule has 4 heterocycles. The predicted octanol–water partition coefficient (Wildman–Crippen LogP) is 7.78. The highest BCUT2D eigenvalue weighted by Gasteiger charge is 2.30. The summed E-state index contributed by atoms with van der Waals surface area (Å²) in [6, 6.07) is 19.8.